The lowest BCUT2D eigenvalue weighted by molar-refractivity contribution is 0.598. The van der Waals surface area contributed by atoms with Crippen LogP contribution in [0.15, 0.2) is 15.7 Å². The van der Waals surface area contributed by atoms with Crippen LogP contribution < -0.4 is 5.14 Å². The van der Waals surface area contributed by atoms with Crippen molar-refractivity contribution in [3.8, 4) is 6.07 Å². The fraction of sp³-hybridized carbons (Fsp3) is 0. The number of sulfonamides is 1. The summed E-state index contributed by atoms with van der Waals surface area (Å²) in [6.07, 6.45) is 0. The fourth-order valence-corrected chi connectivity index (χ4v) is 2.41. The monoisotopic (exact) mass is 188 g/mol. The topological polar surface area (TPSA) is 83.9 Å². The van der Waals surface area contributed by atoms with Crippen LogP contribution in [-0.4, -0.2) is 8.42 Å². The first-order chi connectivity index (χ1) is 5.05. The predicted molar refractivity (Wildman–Crippen MR) is 40.4 cm³/mol. The highest BCUT2D eigenvalue weighted by Crippen LogP contribution is 2.17. The second-order valence-electron chi connectivity index (χ2n) is 1.81. The fourth-order valence-electron chi connectivity index (χ4n) is 0.587. The summed E-state index contributed by atoms with van der Waals surface area (Å²) in [5, 5.41) is 16.0. The van der Waals surface area contributed by atoms with Gasteiger partial charge in [-0.25, -0.2) is 13.6 Å². The minimum Gasteiger partial charge on any atom is -0.225 e. The quantitative estimate of drug-likeness (QED) is 0.686. The number of nitriles is 1. The molecule has 1 aromatic rings. The Bertz CT molecular complexity index is 398. The van der Waals surface area contributed by atoms with Crippen molar-refractivity contribution in [2.45, 2.75) is 4.90 Å². The molecule has 0 fully saturated rings. The molecule has 0 bridgehead atoms. The Kier molecular flexibility index (Phi) is 1.95. The van der Waals surface area contributed by atoms with Gasteiger partial charge in [0.05, 0.1) is 5.56 Å². The zero-order valence-corrected chi connectivity index (χ0v) is 6.95. The molecule has 0 aromatic carbocycles. The maximum Gasteiger partial charge on any atom is 0.240 e. The number of thiophene rings is 1. The Labute approximate surface area is 67.9 Å². The van der Waals surface area contributed by atoms with Gasteiger partial charge in [0.1, 0.15) is 11.0 Å². The van der Waals surface area contributed by atoms with E-state index in [1.54, 1.807) is 6.07 Å². The molecule has 0 saturated carbocycles. The van der Waals surface area contributed by atoms with E-state index in [2.05, 4.69) is 0 Å². The van der Waals surface area contributed by atoms with Crippen molar-refractivity contribution in [2.24, 2.45) is 5.14 Å². The van der Waals surface area contributed by atoms with E-state index in [-0.39, 0.29) is 10.5 Å². The molecule has 0 radical (unpaired) electrons. The second-order valence-corrected chi connectivity index (χ2v) is 4.08. The van der Waals surface area contributed by atoms with Gasteiger partial charge in [-0.15, -0.1) is 11.3 Å². The molecule has 1 rings (SSSR count). The molecule has 1 heterocycles. The average Bonchev–Trinajstić information content (AvgIpc) is 2.31. The first kappa shape index (κ1) is 8.20. The molecule has 58 valence electrons. The summed E-state index contributed by atoms with van der Waals surface area (Å²) < 4.78 is 21.4. The first-order valence-corrected chi connectivity index (χ1v) is 5.03. The van der Waals surface area contributed by atoms with Gasteiger partial charge in [0.2, 0.25) is 10.0 Å². The van der Waals surface area contributed by atoms with Crippen molar-refractivity contribution in [2.75, 3.05) is 0 Å². The van der Waals surface area contributed by atoms with Crippen LogP contribution in [0.5, 0.6) is 0 Å². The number of nitrogens with zero attached hydrogens (tertiary/aromatic N) is 1. The standard InChI is InChI=1S/C5H4N2O2S2/c6-1-4-2-10-3-5(4)11(7,8)9/h2-3H,(H2,7,8,9). The number of hydrogen-bond donors (Lipinski definition) is 1. The molecule has 4 nitrogen and oxygen atoms in total. The van der Waals surface area contributed by atoms with Gasteiger partial charge in [0, 0.05) is 10.8 Å². The molecule has 2 N–H and O–H groups in total. The Balaban J connectivity index is 3.39. The highest BCUT2D eigenvalue weighted by molar-refractivity contribution is 7.89. The van der Waals surface area contributed by atoms with Crippen molar-refractivity contribution >= 4 is 21.4 Å². The molecule has 0 amide bonds. The SMILES string of the molecule is N#Cc1cscc1S(N)(=O)=O. The van der Waals surface area contributed by atoms with Gasteiger partial charge in [-0.2, -0.15) is 5.26 Å². The highest BCUT2D eigenvalue weighted by atomic mass is 32.2. The minimum absolute atomic E-state index is 0.0926. The highest BCUT2D eigenvalue weighted by Gasteiger charge is 2.13. The Morgan fingerprint density at radius 2 is 2.18 bits per heavy atom. The predicted octanol–water partition coefficient (Wildman–Crippen LogP) is 0.267. The first-order valence-electron chi connectivity index (χ1n) is 2.55. The van der Waals surface area contributed by atoms with Crippen molar-refractivity contribution in [1.82, 2.24) is 0 Å². The Morgan fingerprint density at radius 1 is 1.55 bits per heavy atom. The van der Waals surface area contributed by atoms with Gasteiger partial charge in [-0.05, 0) is 0 Å². The van der Waals surface area contributed by atoms with Crippen LogP contribution in [0.4, 0.5) is 0 Å². The van der Waals surface area contributed by atoms with Gasteiger partial charge >= 0.3 is 0 Å². The zero-order chi connectivity index (χ0) is 8.48. The maximum atomic E-state index is 10.7. The molecule has 0 aliphatic heterocycles. The van der Waals surface area contributed by atoms with Crippen molar-refractivity contribution in [3.05, 3.63) is 16.3 Å². The molecule has 0 aliphatic rings. The van der Waals surface area contributed by atoms with Crippen LogP contribution in [0.3, 0.4) is 0 Å². The summed E-state index contributed by atoms with van der Waals surface area (Å²) in [6, 6.07) is 1.73. The molecule has 6 heteroatoms. The van der Waals surface area contributed by atoms with Crippen LogP contribution in [0.2, 0.25) is 0 Å². The minimum atomic E-state index is -3.71. The second kappa shape index (κ2) is 2.62. The van der Waals surface area contributed by atoms with Gasteiger partial charge in [-0.1, -0.05) is 0 Å². The van der Waals surface area contributed by atoms with Gasteiger partial charge in [-0.3, -0.25) is 0 Å². The summed E-state index contributed by atoms with van der Waals surface area (Å²) in [6.45, 7) is 0. The van der Waals surface area contributed by atoms with E-state index in [4.69, 9.17) is 10.4 Å². The van der Waals surface area contributed by atoms with Gasteiger partial charge in [0.15, 0.2) is 0 Å². The third-order valence-electron chi connectivity index (χ3n) is 1.05. The van der Waals surface area contributed by atoms with E-state index >= 15 is 0 Å². The Hall–Kier alpha value is -0.900. The molecular formula is C5H4N2O2S2. The third kappa shape index (κ3) is 1.57. The molecule has 11 heavy (non-hydrogen) atoms. The summed E-state index contributed by atoms with van der Waals surface area (Å²) in [5.41, 5.74) is 0.109. The lowest BCUT2D eigenvalue weighted by Crippen LogP contribution is -2.12. The molecule has 0 spiro atoms. The van der Waals surface area contributed by atoms with E-state index < -0.39 is 10.0 Å². The lowest BCUT2D eigenvalue weighted by Gasteiger charge is -1.90. The number of rotatable bonds is 1. The van der Waals surface area contributed by atoms with E-state index in [0.717, 1.165) is 11.3 Å². The van der Waals surface area contributed by atoms with Crippen molar-refractivity contribution in [3.63, 3.8) is 0 Å². The molecular weight excluding hydrogens is 184 g/mol. The molecule has 1 aromatic heterocycles. The van der Waals surface area contributed by atoms with E-state index in [1.165, 1.54) is 10.8 Å². The van der Waals surface area contributed by atoms with Crippen LogP contribution >= 0.6 is 11.3 Å². The summed E-state index contributed by atoms with van der Waals surface area (Å²) in [7, 11) is -3.71. The maximum absolute atomic E-state index is 10.7. The largest absolute Gasteiger partial charge is 0.240 e. The number of primary sulfonamides is 1. The van der Waals surface area contributed by atoms with Crippen LogP contribution in [0, 0.1) is 11.3 Å². The Morgan fingerprint density at radius 3 is 2.55 bits per heavy atom. The molecule has 0 atom stereocenters. The zero-order valence-electron chi connectivity index (χ0n) is 5.31. The third-order valence-corrected chi connectivity index (χ3v) is 2.90. The smallest absolute Gasteiger partial charge is 0.225 e. The van der Waals surface area contributed by atoms with Crippen LogP contribution in [0.1, 0.15) is 5.56 Å². The molecule has 0 aliphatic carbocycles. The normalized spacial score (nSPS) is 10.9. The molecule has 0 saturated heterocycles. The average molecular weight is 188 g/mol. The van der Waals surface area contributed by atoms with Crippen LogP contribution in [0.25, 0.3) is 0 Å². The van der Waals surface area contributed by atoms with E-state index in [9.17, 15) is 8.42 Å². The lowest BCUT2D eigenvalue weighted by atomic mass is 10.4. The number of nitrogens with two attached hydrogens (primary N) is 1. The van der Waals surface area contributed by atoms with Crippen LogP contribution in [-0.2, 0) is 10.0 Å². The molecule has 0 unspecified atom stereocenters. The van der Waals surface area contributed by atoms with E-state index in [0.29, 0.717) is 0 Å². The number of hydrogen-bond acceptors (Lipinski definition) is 4. The van der Waals surface area contributed by atoms with Crippen molar-refractivity contribution in [1.29, 1.82) is 5.26 Å². The van der Waals surface area contributed by atoms with Gasteiger partial charge in [0.25, 0.3) is 0 Å². The summed E-state index contributed by atoms with van der Waals surface area (Å²) in [4.78, 5) is -0.0926. The summed E-state index contributed by atoms with van der Waals surface area (Å²) in [5.74, 6) is 0. The summed E-state index contributed by atoms with van der Waals surface area (Å²) >= 11 is 1.14. The van der Waals surface area contributed by atoms with Gasteiger partial charge < -0.3 is 0 Å². The van der Waals surface area contributed by atoms with E-state index in [1.807, 2.05) is 0 Å². The van der Waals surface area contributed by atoms with Crippen molar-refractivity contribution < 1.29 is 8.42 Å².